The van der Waals surface area contributed by atoms with Gasteiger partial charge in [-0.25, -0.2) is 13.6 Å². The lowest BCUT2D eigenvalue weighted by Gasteiger charge is -2.55. The van der Waals surface area contributed by atoms with Crippen LogP contribution >= 0.6 is 0 Å². The molecule has 1 unspecified atom stereocenters. The highest BCUT2D eigenvalue weighted by molar-refractivity contribution is 5.90. The molecule has 7 heteroatoms. The van der Waals surface area contributed by atoms with Crippen molar-refractivity contribution in [1.82, 2.24) is 4.90 Å². The van der Waals surface area contributed by atoms with Crippen LogP contribution < -0.4 is 5.73 Å². The van der Waals surface area contributed by atoms with Crippen molar-refractivity contribution in [2.75, 3.05) is 33.0 Å². The van der Waals surface area contributed by atoms with Gasteiger partial charge < -0.3 is 15.2 Å². The number of ether oxygens (including phenoxy) is 2. The molecule has 33 heavy (non-hydrogen) atoms. The highest BCUT2D eigenvalue weighted by Crippen LogP contribution is 2.60. The zero-order chi connectivity index (χ0) is 24.4. The molecule has 0 aromatic heterocycles. The van der Waals surface area contributed by atoms with Crippen molar-refractivity contribution in [3.05, 3.63) is 65.0 Å². The van der Waals surface area contributed by atoms with E-state index in [9.17, 15) is 13.6 Å². The first-order valence-electron chi connectivity index (χ1n) is 11.2. The van der Waals surface area contributed by atoms with Crippen molar-refractivity contribution >= 4 is 11.7 Å². The minimum absolute atomic E-state index is 0.0877. The molecule has 0 radical (unpaired) electrons. The molecule has 1 spiro atoms. The summed E-state index contributed by atoms with van der Waals surface area (Å²) in [5.41, 5.74) is 9.46. The van der Waals surface area contributed by atoms with E-state index in [0.29, 0.717) is 37.2 Å². The number of hydrogen-bond acceptors (Lipinski definition) is 5. The van der Waals surface area contributed by atoms with E-state index in [-0.39, 0.29) is 18.9 Å². The Balaban J connectivity index is 1.97. The fourth-order valence-corrected chi connectivity index (χ4v) is 5.23. The fourth-order valence-electron chi connectivity index (χ4n) is 5.23. The highest BCUT2D eigenvalue weighted by Gasteiger charge is 2.58. The lowest BCUT2D eigenvalue weighted by atomic mass is 9.58. The van der Waals surface area contributed by atoms with Gasteiger partial charge in [-0.05, 0) is 61.9 Å². The van der Waals surface area contributed by atoms with Crippen LogP contribution in [-0.4, -0.2) is 44.1 Å². The Hall–Kier alpha value is -2.67. The first kappa shape index (κ1) is 25.0. The Morgan fingerprint density at radius 1 is 1.30 bits per heavy atom. The molecule has 5 nitrogen and oxygen atoms in total. The first-order chi connectivity index (χ1) is 15.5. The number of rotatable bonds is 7. The molecule has 1 heterocycles. The van der Waals surface area contributed by atoms with Crippen LogP contribution in [0.15, 0.2) is 53.8 Å². The molecule has 2 fully saturated rings. The van der Waals surface area contributed by atoms with Gasteiger partial charge >= 0.3 is 5.97 Å². The minimum Gasteiger partial charge on any atom is -0.501 e. The SMILES string of the molecule is C=C(/C=C\C)/C(CN1CCC2(CC1c1ccc(C(=O)OC)cc1N)CC(F)(F)C2)=C(\C)OC. The van der Waals surface area contributed by atoms with Gasteiger partial charge in [-0.2, -0.15) is 0 Å². The van der Waals surface area contributed by atoms with Gasteiger partial charge in [0.25, 0.3) is 0 Å². The molecule has 1 atom stereocenters. The third-order valence-electron chi connectivity index (χ3n) is 6.98. The molecule has 2 N–H and O–H groups in total. The summed E-state index contributed by atoms with van der Waals surface area (Å²) in [6.07, 6.45) is 4.97. The topological polar surface area (TPSA) is 64.8 Å². The van der Waals surface area contributed by atoms with Gasteiger partial charge in [0.15, 0.2) is 0 Å². The summed E-state index contributed by atoms with van der Waals surface area (Å²) in [5, 5.41) is 0. The summed E-state index contributed by atoms with van der Waals surface area (Å²) in [7, 11) is 2.94. The zero-order valence-electron chi connectivity index (χ0n) is 19.9. The standard InChI is InChI=1S/C26H34F2N2O3/c1-6-7-17(2)21(18(3)32-4)14-30-11-10-25(15-26(27,28)16-25)13-23(30)20-9-8-19(12-22(20)29)24(31)33-5/h6-9,12,23H,2,10-11,13-16,29H2,1,3-5H3/b7-6-,21-18+. The molecule has 1 aliphatic carbocycles. The number of carbonyl (C=O) groups is 1. The van der Waals surface area contributed by atoms with E-state index in [1.165, 1.54) is 7.11 Å². The van der Waals surface area contributed by atoms with E-state index in [4.69, 9.17) is 15.2 Å². The Labute approximate surface area is 194 Å². The summed E-state index contributed by atoms with van der Waals surface area (Å²) >= 11 is 0. The van der Waals surface area contributed by atoms with E-state index in [2.05, 4.69) is 11.5 Å². The monoisotopic (exact) mass is 460 g/mol. The fraction of sp³-hybridized carbons (Fsp3) is 0.500. The number of hydrogen-bond donors (Lipinski definition) is 1. The average Bonchev–Trinajstić information content (AvgIpc) is 2.75. The van der Waals surface area contributed by atoms with Crippen LogP contribution in [0, 0.1) is 5.41 Å². The largest absolute Gasteiger partial charge is 0.501 e. The second-order valence-corrected chi connectivity index (χ2v) is 9.25. The summed E-state index contributed by atoms with van der Waals surface area (Å²) in [5.74, 6) is -2.29. The molecule has 1 aromatic rings. The predicted octanol–water partition coefficient (Wildman–Crippen LogP) is 5.66. The summed E-state index contributed by atoms with van der Waals surface area (Å²) in [4.78, 5) is 14.2. The van der Waals surface area contributed by atoms with Crippen molar-refractivity contribution in [2.24, 2.45) is 5.41 Å². The van der Waals surface area contributed by atoms with Crippen molar-refractivity contribution < 1.29 is 23.0 Å². The summed E-state index contributed by atoms with van der Waals surface area (Å²) in [6, 6.07) is 4.94. The molecule has 180 valence electrons. The Bertz CT molecular complexity index is 976. The van der Waals surface area contributed by atoms with Crippen LogP contribution in [0.1, 0.15) is 61.5 Å². The number of nitrogens with zero attached hydrogens (tertiary/aromatic N) is 1. The number of carbonyl (C=O) groups excluding carboxylic acids is 1. The van der Waals surface area contributed by atoms with Gasteiger partial charge in [-0.3, -0.25) is 4.90 Å². The van der Waals surface area contributed by atoms with E-state index >= 15 is 0 Å². The van der Waals surface area contributed by atoms with Gasteiger partial charge in [0, 0.05) is 36.7 Å². The van der Waals surface area contributed by atoms with E-state index in [1.807, 2.05) is 32.1 Å². The summed E-state index contributed by atoms with van der Waals surface area (Å²) in [6.45, 7) is 9.22. The number of alkyl halides is 2. The maximum atomic E-state index is 13.9. The van der Waals surface area contributed by atoms with Gasteiger partial charge in [0.2, 0.25) is 5.92 Å². The number of nitrogen functional groups attached to an aromatic ring is 1. The molecule has 3 rings (SSSR count). The van der Waals surface area contributed by atoms with Crippen molar-refractivity contribution in [1.29, 1.82) is 0 Å². The number of nitrogens with two attached hydrogens (primary N) is 1. The Morgan fingerprint density at radius 3 is 2.55 bits per heavy atom. The van der Waals surface area contributed by atoms with Crippen molar-refractivity contribution in [2.45, 2.75) is 51.5 Å². The molecule has 0 amide bonds. The second-order valence-electron chi connectivity index (χ2n) is 9.25. The van der Waals surface area contributed by atoms with Gasteiger partial charge in [0.05, 0.1) is 25.5 Å². The number of esters is 1. The van der Waals surface area contributed by atoms with Crippen molar-refractivity contribution in [3.8, 4) is 0 Å². The number of likely N-dealkylation sites (tertiary alicyclic amines) is 1. The molecule has 1 aliphatic heterocycles. The van der Waals surface area contributed by atoms with Crippen molar-refractivity contribution in [3.63, 3.8) is 0 Å². The van der Waals surface area contributed by atoms with Crippen LogP contribution in [0.2, 0.25) is 0 Å². The van der Waals surface area contributed by atoms with Gasteiger partial charge in [0.1, 0.15) is 0 Å². The van der Waals surface area contributed by atoms with Crippen LogP contribution in [0.3, 0.4) is 0 Å². The lowest BCUT2D eigenvalue weighted by Crippen LogP contribution is -2.53. The number of allylic oxidation sites excluding steroid dienone is 3. The predicted molar refractivity (Wildman–Crippen MR) is 126 cm³/mol. The molecule has 2 aliphatic rings. The number of benzene rings is 1. The third-order valence-corrected chi connectivity index (χ3v) is 6.98. The molecular formula is C26H34F2N2O3. The molecular weight excluding hydrogens is 426 g/mol. The van der Waals surface area contributed by atoms with Crippen LogP contribution in [-0.2, 0) is 9.47 Å². The maximum absolute atomic E-state index is 13.9. The average molecular weight is 461 g/mol. The third kappa shape index (κ3) is 5.29. The first-order valence-corrected chi connectivity index (χ1v) is 11.2. The maximum Gasteiger partial charge on any atom is 0.337 e. The second kappa shape index (κ2) is 9.67. The number of piperidine rings is 1. The molecule has 1 saturated carbocycles. The highest BCUT2D eigenvalue weighted by atomic mass is 19.3. The normalized spacial score (nSPS) is 22.5. The molecule has 0 bridgehead atoms. The van der Waals surface area contributed by atoms with E-state index in [1.54, 1.807) is 19.2 Å². The number of anilines is 1. The van der Waals surface area contributed by atoms with E-state index < -0.39 is 17.3 Å². The molecule has 1 saturated heterocycles. The smallest absolute Gasteiger partial charge is 0.337 e. The summed E-state index contributed by atoms with van der Waals surface area (Å²) < 4.78 is 38.1. The minimum atomic E-state index is -2.59. The lowest BCUT2D eigenvalue weighted by molar-refractivity contribution is -0.185. The molecule has 1 aromatic carbocycles. The van der Waals surface area contributed by atoms with Crippen LogP contribution in [0.4, 0.5) is 14.5 Å². The van der Waals surface area contributed by atoms with Gasteiger partial charge in [-0.1, -0.05) is 24.8 Å². The zero-order valence-corrected chi connectivity index (χ0v) is 19.9. The van der Waals surface area contributed by atoms with Crippen LogP contribution in [0.5, 0.6) is 0 Å². The number of halogens is 2. The quantitative estimate of drug-likeness (QED) is 0.246. The number of methoxy groups -OCH3 is 2. The van der Waals surface area contributed by atoms with Crippen LogP contribution in [0.25, 0.3) is 0 Å². The van der Waals surface area contributed by atoms with Gasteiger partial charge in [-0.15, -0.1) is 0 Å². The Morgan fingerprint density at radius 2 is 2.00 bits per heavy atom. The Kier molecular flexibility index (Phi) is 7.32. The van der Waals surface area contributed by atoms with E-state index in [0.717, 1.165) is 22.5 Å².